The van der Waals surface area contributed by atoms with Gasteiger partial charge in [0.2, 0.25) is 5.67 Å². The summed E-state index contributed by atoms with van der Waals surface area (Å²) in [7, 11) is 0. The first-order valence-corrected chi connectivity index (χ1v) is 5.49. The minimum atomic E-state index is -2.09. The Balaban J connectivity index is 2.47. The normalized spacial score (nSPS) is 43.7. The lowest BCUT2D eigenvalue weighted by molar-refractivity contribution is -0.162. The molecular weight excluding hydrogens is 197 g/mol. The van der Waals surface area contributed by atoms with Gasteiger partial charge in [-0.15, -0.1) is 0 Å². The molecule has 1 aliphatic heterocycles. The molecule has 86 valence electrons. The number of carbonyl (C=O) groups is 1. The highest BCUT2D eigenvalue weighted by molar-refractivity contribution is 5.80. The molecule has 15 heavy (non-hydrogen) atoms. The zero-order chi connectivity index (χ0) is 11.3. The van der Waals surface area contributed by atoms with E-state index in [0.29, 0.717) is 13.0 Å². The lowest BCUT2D eigenvalue weighted by atomic mass is 9.61. The van der Waals surface area contributed by atoms with Gasteiger partial charge in [-0.2, -0.15) is 0 Å². The van der Waals surface area contributed by atoms with Gasteiger partial charge in [-0.05, 0) is 18.3 Å². The van der Waals surface area contributed by atoms with Crippen LogP contribution in [0.3, 0.4) is 0 Å². The quantitative estimate of drug-likeness (QED) is 0.698. The first-order chi connectivity index (χ1) is 6.86. The van der Waals surface area contributed by atoms with Gasteiger partial charge in [-0.25, -0.2) is 9.18 Å². The van der Waals surface area contributed by atoms with Gasteiger partial charge >= 0.3 is 5.97 Å². The predicted octanol–water partition coefficient (Wildman–Crippen LogP) is 1.58. The second-order valence-electron chi connectivity index (χ2n) is 5.53. The van der Waals surface area contributed by atoms with E-state index in [1.165, 1.54) is 0 Å². The number of halogens is 1. The summed E-state index contributed by atoms with van der Waals surface area (Å²) in [6.45, 7) is 4.42. The van der Waals surface area contributed by atoms with Gasteiger partial charge in [-0.1, -0.05) is 20.3 Å². The van der Waals surface area contributed by atoms with Crippen molar-refractivity contribution >= 4 is 5.97 Å². The standard InChI is InChI=1S/C11H18FNO2/c1-9(2)4-3-5-10(9)6-13-7-11(10,12)8(14)15/h13H,3-7H2,1-2H3,(H,14,15). The van der Waals surface area contributed by atoms with Gasteiger partial charge in [-0.3, -0.25) is 0 Å². The van der Waals surface area contributed by atoms with E-state index in [9.17, 15) is 9.18 Å². The van der Waals surface area contributed by atoms with Crippen molar-refractivity contribution in [3.05, 3.63) is 0 Å². The third-order valence-electron chi connectivity index (χ3n) is 4.59. The van der Waals surface area contributed by atoms with Crippen molar-refractivity contribution in [3.8, 4) is 0 Å². The van der Waals surface area contributed by atoms with Crippen LogP contribution in [0.1, 0.15) is 33.1 Å². The maximum Gasteiger partial charge on any atom is 0.343 e. The number of carboxylic acids is 1. The molecule has 0 bridgehead atoms. The van der Waals surface area contributed by atoms with Crippen molar-refractivity contribution in [2.45, 2.75) is 38.8 Å². The lowest BCUT2D eigenvalue weighted by Gasteiger charge is -2.43. The van der Waals surface area contributed by atoms with E-state index in [1.54, 1.807) is 0 Å². The zero-order valence-corrected chi connectivity index (χ0v) is 9.27. The molecule has 0 radical (unpaired) electrons. The molecule has 1 spiro atoms. The van der Waals surface area contributed by atoms with Crippen LogP contribution in [0.2, 0.25) is 0 Å². The van der Waals surface area contributed by atoms with Crippen LogP contribution in [0, 0.1) is 10.8 Å². The first kappa shape index (κ1) is 10.9. The van der Waals surface area contributed by atoms with Crippen LogP contribution in [0.4, 0.5) is 4.39 Å². The topological polar surface area (TPSA) is 49.3 Å². The van der Waals surface area contributed by atoms with Gasteiger partial charge in [0, 0.05) is 18.5 Å². The number of aliphatic carboxylic acids is 1. The third kappa shape index (κ3) is 1.11. The Hall–Kier alpha value is -0.640. The van der Waals surface area contributed by atoms with Crippen molar-refractivity contribution in [2.75, 3.05) is 13.1 Å². The summed E-state index contributed by atoms with van der Waals surface area (Å²) in [5, 5.41) is 12.0. The Morgan fingerprint density at radius 2 is 2.00 bits per heavy atom. The van der Waals surface area contributed by atoms with Crippen molar-refractivity contribution < 1.29 is 14.3 Å². The molecule has 2 fully saturated rings. The molecule has 0 amide bonds. The van der Waals surface area contributed by atoms with E-state index in [4.69, 9.17) is 5.11 Å². The SMILES string of the molecule is CC1(C)CCCC12CNCC2(F)C(=O)O. The summed E-state index contributed by atoms with van der Waals surface area (Å²) in [6.07, 6.45) is 2.51. The van der Waals surface area contributed by atoms with E-state index >= 15 is 0 Å². The van der Waals surface area contributed by atoms with Crippen molar-refractivity contribution in [1.82, 2.24) is 5.32 Å². The molecule has 0 aromatic rings. The fourth-order valence-corrected chi connectivity index (χ4v) is 3.51. The minimum absolute atomic E-state index is 0.0498. The second-order valence-corrected chi connectivity index (χ2v) is 5.53. The van der Waals surface area contributed by atoms with E-state index in [-0.39, 0.29) is 12.0 Å². The number of nitrogens with one attached hydrogen (secondary N) is 1. The van der Waals surface area contributed by atoms with Gasteiger partial charge < -0.3 is 10.4 Å². The van der Waals surface area contributed by atoms with Gasteiger partial charge in [0.25, 0.3) is 0 Å². The maximum atomic E-state index is 14.6. The largest absolute Gasteiger partial charge is 0.479 e. The fourth-order valence-electron chi connectivity index (χ4n) is 3.51. The van der Waals surface area contributed by atoms with Crippen molar-refractivity contribution in [2.24, 2.45) is 10.8 Å². The highest BCUT2D eigenvalue weighted by atomic mass is 19.1. The highest BCUT2D eigenvalue weighted by Gasteiger charge is 2.68. The summed E-state index contributed by atoms with van der Waals surface area (Å²) in [4.78, 5) is 11.2. The summed E-state index contributed by atoms with van der Waals surface area (Å²) >= 11 is 0. The van der Waals surface area contributed by atoms with Crippen LogP contribution in [-0.4, -0.2) is 29.8 Å². The third-order valence-corrected chi connectivity index (χ3v) is 4.59. The average Bonchev–Trinajstić information content (AvgIpc) is 2.59. The first-order valence-electron chi connectivity index (χ1n) is 5.49. The van der Waals surface area contributed by atoms with Gasteiger partial charge in [0.1, 0.15) is 0 Å². The lowest BCUT2D eigenvalue weighted by Crippen LogP contribution is -2.55. The van der Waals surface area contributed by atoms with Gasteiger partial charge in [0.05, 0.1) is 0 Å². The zero-order valence-electron chi connectivity index (χ0n) is 9.27. The fraction of sp³-hybridized carbons (Fsp3) is 0.909. The summed E-state index contributed by atoms with van der Waals surface area (Å²) < 4.78 is 14.6. The average molecular weight is 215 g/mol. The number of hydrogen-bond donors (Lipinski definition) is 2. The van der Waals surface area contributed by atoms with Crippen LogP contribution in [0.5, 0.6) is 0 Å². The van der Waals surface area contributed by atoms with Crippen LogP contribution in [-0.2, 0) is 4.79 Å². The van der Waals surface area contributed by atoms with Crippen LogP contribution in [0.15, 0.2) is 0 Å². The molecule has 2 aliphatic rings. The number of alkyl halides is 1. The molecular formula is C11H18FNO2. The Morgan fingerprint density at radius 3 is 2.47 bits per heavy atom. The van der Waals surface area contributed by atoms with E-state index in [2.05, 4.69) is 5.32 Å². The smallest absolute Gasteiger partial charge is 0.343 e. The second kappa shape index (κ2) is 2.94. The molecule has 1 aliphatic carbocycles. The van der Waals surface area contributed by atoms with Crippen molar-refractivity contribution in [3.63, 3.8) is 0 Å². The molecule has 2 unspecified atom stereocenters. The molecule has 3 nitrogen and oxygen atoms in total. The summed E-state index contributed by atoms with van der Waals surface area (Å²) in [5.74, 6) is -1.30. The Kier molecular flexibility index (Phi) is 2.13. The molecule has 2 rings (SSSR count). The van der Waals surface area contributed by atoms with Crippen LogP contribution < -0.4 is 5.32 Å². The molecule has 0 aromatic carbocycles. The highest BCUT2D eigenvalue weighted by Crippen LogP contribution is 2.60. The molecule has 0 aromatic heterocycles. The Bertz CT molecular complexity index is 301. The summed E-state index contributed by atoms with van der Waals surface area (Å²) in [6, 6.07) is 0. The number of rotatable bonds is 1. The van der Waals surface area contributed by atoms with E-state index < -0.39 is 17.1 Å². The number of carboxylic acid groups (broad SMARTS) is 1. The predicted molar refractivity (Wildman–Crippen MR) is 54.4 cm³/mol. The molecule has 1 heterocycles. The van der Waals surface area contributed by atoms with E-state index in [0.717, 1.165) is 12.8 Å². The van der Waals surface area contributed by atoms with Crippen molar-refractivity contribution in [1.29, 1.82) is 0 Å². The molecule has 1 saturated heterocycles. The van der Waals surface area contributed by atoms with Crippen LogP contribution in [0.25, 0.3) is 0 Å². The Labute approximate surface area is 89.0 Å². The molecule has 2 atom stereocenters. The minimum Gasteiger partial charge on any atom is -0.479 e. The summed E-state index contributed by atoms with van der Waals surface area (Å²) in [5.41, 5.74) is -3.04. The molecule has 4 heteroatoms. The van der Waals surface area contributed by atoms with Gasteiger partial charge in [0.15, 0.2) is 0 Å². The van der Waals surface area contributed by atoms with E-state index in [1.807, 2.05) is 13.8 Å². The maximum absolute atomic E-state index is 14.6. The number of hydrogen-bond acceptors (Lipinski definition) is 2. The molecule has 2 N–H and O–H groups in total. The Morgan fingerprint density at radius 1 is 1.33 bits per heavy atom. The molecule has 1 saturated carbocycles. The monoisotopic (exact) mass is 215 g/mol. The van der Waals surface area contributed by atoms with Crippen LogP contribution >= 0.6 is 0 Å².